The molecule has 0 aromatic heterocycles. The minimum atomic E-state index is -0.287. The first-order valence-electron chi connectivity index (χ1n) is 15.1. The standard InChI is InChI=1S/2C10H20.2C8H7FN.Th/c2*1-6-7(2)9(4)10(5)8(6)3;2*1-6(10)7-2-4-8(9)5-3-7;/h2*6-10H,1-5H3;2*2-5H,1H3;/q;;2*-1;+2. The van der Waals surface area contributed by atoms with Crippen molar-refractivity contribution < 1.29 is 48.7 Å². The number of hydrogen-bond acceptors (Lipinski definition) is 0. The zero-order valence-corrected chi connectivity index (χ0v) is 31.7. The van der Waals surface area contributed by atoms with E-state index in [2.05, 4.69) is 69.2 Å². The normalized spacial score (nSPS) is 31.7. The van der Waals surface area contributed by atoms with Crippen molar-refractivity contribution in [3.05, 3.63) is 82.1 Å². The second-order valence-electron chi connectivity index (χ2n) is 12.8. The van der Waals surface area contributed by atoms with Gasteiger partial charge in [-0.1, -0.05) is 107 Å². The Morgan fingerprint density at radius 3 is 0.683 bits per heavy atom. The van der Waals surface area contributed by atoms with Crippen LogP contribution < -0.4 is 0 Å². The average Bonchev–Trinajstić information content (AvgIpc) is 3.20. The van der Waals surface area contributed by atoms with E-state index in [9.17, 15) is 8.78 Å². The first-order valence-corrected chi connectivity index (χ1v) is 15.1. The molecule has 2 aliphatic rings. The molecular formula is C36H54F2N2Th. The van der Waals surface area contributed by atoms with Gasteiger partial charge in [0.1, 0.15) is 11.6 Å². The Labute approximate surface area is 282 Å². The zero-order valence-electron chi connectivity index (χ0n) is 27.5. The van der Waals surface area contributed by atoms with Crippen molar-refractivity contribution in [3.8, 4) is 0 Å². The minimum Gasteiger partial charge on any atom is -0.807 e. The van der Waals surface area contributed by atoms with Crippen LogP contribution in [0.25, 0.3) is 10.8 Å². The number of nitrogens with zero attached hydrogens (tertiary/aromatic N) is 2. The van der Waals surface area contributed by atoms with Crippen LogP contribution in [0, 0.1) is 111 Å². The van der Waals surface area contributed by atoms with Crippen LogP contribution in [0.15, 0.2) is 48.5 Å². The molecule has 2 aromatic carbocycles. The maximum Gasteiger partial charge on any atom is 2.00 e. The molecule has 0 unspecified atom stereocenters. The Morgan fingerprint density at radius 2 is 0.561 bits per heavy atom. The third kappa shape index (κ3) is 11.9. The fourth-order valence-corrected chi connectivity index (χ4v) is 6.17. The molecule has 0 aliphatic heterocycles. The van der Waals surface area contributed by atoms with Crippen LogP contribution in [-0.4, -0.2) is 11.4 Å². The molecule has 0 bridgehead atoms. The van der Waals surface area contributed by atoms with Crippen molar-refractivity contribution in [1.82, 2.24) is 0 Å². The van der Waals surface area contributed by atoms with Gasteiger partial charge in [0.25, 0.3) is 0 Å². The van der Waals surface area contributed by atoms with Gasteiger partial charge in [0.15, 0.2) is 0 Å². The third-order valence-corrected chi connectivity index (χ3v) is 10.8. The Hall–Kier alpha value is -1.04. The van der Waals surface area contributed by atoms with Crippen LogP contribution in [-0.2, 0) is 0 Å². The maximum atomic E-state index is 12.3. The second-order valence-corrected chi connectivity index (χ2v) is 12.8. The van der Waals surface area contributed by atoms with Crippen LogP contribution >= 0.6 is 0 Å². The van der Waals surface area contributed by atoms with Crippen LogP contribution in [0.1, 0.15) is 94.2 Å². The molecule has 0 atom stereocenters. The van der Waals surface area contributed by atoms with E-state index < -0.39 is 0 Å². The second kappa shape index (κ2) is 18.6. The molecule has 0 radical (unpaired) electrons. The molecule has 2 aromatic rings. The fraction of sp³-hybridized carbons (Fsp3) is 0.611. The Morgan fingerprint density at radius 1 is 0.415 bits per heavy atom. The first kappa shape index (κ1) is 40.0. The van der Waals surface area contributed by atoms with Crippen LogP contribution in [0.3, 0.4) is 0 Å². The Bertz CT molecular complexity index is 877. The van der Waals surface area contributed by atoms with E-state index in [1.54, 1.807) is 13.8 Å². The molecule has 5 heteroatoms. The third-order valence-electron chi connectivity index (χ3n) is 10.8. The van der Waals surface area contributed by atoms with Crippen molar-refractivity contribution >= 4 is 11.4 Å². The molecule has 226 valence electrons. The number of rotatable bonds is 2. The van der Waals surface area contributed by atoms with Crippen molar-refractivity contribution in [3.63, 3.8) is 0 Å². The van der Waals surface area contributed by atoms with E-state index in [1.807, 2.05) is 0 Å². The van der Waals surface area contributed by atoms with Gasteiger partial charge in [0.05, 0.1) is 0 Å². The molecule has 2 aliphatic carbocycles. The van der Waals surface area contributed by atoms with Crippen LogP contribution in [0.2, 0.25) is 0 Å². The largest absolute Gasteiger partial charge is 2.00 e. The summed E-state index contributed by atoms with van der Waals surface area (Å²) in [6.07, 6.45) is 0. The van der Waals surface area contributed by atoms with Gasteiger partial charge in [-0.15, -0.1) is 0 Å². The first-order chi connectivity index (χ1) is 18.5. The van der Waals surface area contributed by atoms with Crippen molar-refractivity contribution in [1.29, 1.82) is 0 Å². The molecule has 0 N–H and O–H groups in total. The quantitative estimate of drug-likeness (QED) is 0.272. The molecule has 41 heavy (non-hydrogen) atoms. The summed E-state index contributed by atoms with van der Waals surface area (Å²) in [7, 11) is 0. The minimum absolute atomic E-state index is 0. The molecule has 0 spiro atoms. The van der Waals surface area contributed by atoms with E-state index in [0.29, 0.717) is 11.1 Å². The summed E-state index contributed by atoms with van der Waals surface area (Å²) in [5, 5.41) is 17.8. The van der Waals surface area contributed by atoms with E-state index in [4.69, 9.17) is 10.8 Å². The molecule has 2 saturated carbocycles. The number of hydrogen-bond donors (Lipinski definition) is 0. The van der Waals surface area contributed by atoms with Gasteiger partial charge in [-0.2, -0.15) is 11.4 Å². The van der Waals surface area contributed by atoms with Crippen LogP contribution in [0.5, 0.6) is 0 Å². The summed E-state index contributed by atoms with van der Waals surface area (Å²) in [5.74, 6) is 8.78. The summed E-state index contributed by atoms with van der Waals surface area (Å²) in [5.41, 5.74) is 1.72. The topological polar surface area (TPSA) is 44.6 Å². The van der Waals surface area contributed by atoms with Crippen molar-refractivity contribution in [2.24, 2.45) is 59.2 Å². The molecule has 2 nitrogen and oxygen atoms in total. The van der Waals surface area contributed by atoms with Crippen molar-refractivity contribution in [2.45, 2.75) is 83.1 Å². The Kier molecular flexibility index (Phi) is 18.1. The predicted octanol–water partition coefficient (Wildman–Crippen LogP) is 10.8. The molecular weight excluding hydrogens is 730 g/mol. The van der Waals surface area contributed by atoms with E-state index in [1.165, 1.54) is 48.5 Å². The SMILES string of the molecule is CC(=[N-])c1ccc(F)cc1.CC(=[N-])c1ccc(F)cc1.CC1C(C)C(C)C(C)C1C.CC1C(C)C(C)C(C)C1C.[Th+2]. The van der Waals surface area contributed by atoms with Gasteiger partial charge in [0, 0.05) is 0 Å². The van der Waals surface area contributed by atoms with Gasteiger partial charge in [-0.3, -0.25) is 0 Å². The maximum absolute atomic E-state index is 12.3. The van der Waals surface area contributed by atoms with Gasteiger partial charge < -0.3 is 10.8 Å². The fourth-order valence-electron chi connectivity index (χ4n) is 6.17. The van der Waals surface area contributed by atoms with E-state index >= 15 is 0 Å². The average molecular weight is 785 g/mol. The van der Waals surface area contributed by atoms with Crippen molar-refractivity contribution in [2.75, 3.05) is 0 Å². The molecule has 0 amide bonds. The van der Waals surface area contributed by atoms with Gasteiger partial charge >= 0.3 is 39.9 Å². The summed E-state index contributed by atoms with van der Waals surface area (Å²) >= 11 is 0. The summed E-state index contributed by atoms with van der Waals surface area (Å²) in [6.45, 7) is 27.1. The van der Waals surface area contributed by atoms with E-state index in [0.717, 1.165) is 59.2 Å². The van der Waals surface area contributed by atoms with Crippen LogP contribution in [0.4, 0.5) is 8.78 Å². The molecule has 4 rings (SSSR count). The number of benzene rings is 2. The van der Waals surface area contributed by atoms with Gasteiger partial charge in [-0.25, -0.2) is 8.78 Å². The summed E-state index contributed by atoms with van der Waals surface area (Å²) in [4.78, 5) is 0. The molecule has 2 fully saturated rings. The molecule has 0 heterocycles. The molecule has 0 saturated heterocycles. The number of halogens is 2. The summed E-state index contributed by atoms with van der Waals surface area (Å²) in [6, 6.07) is 11.4. The predicted molar refractivity (Wildman–Crippen MR) is 171 cm³/mol. The Balaban J connectivity index is 0.000000516. The van der Waals surface area contributed by atoms with Gasteiger partial charge in [0.2, 0.25) is 0 Å². The zero-order chi connectivity index (χ0) is 30.9. The summed E-state index contributed by atoms with van der Waals surface area (Å²) < 4.78 is 24.5. The monoisotopic (exact) mass is 784 g/mol. The van der Waals surface area contributed by atoms with Gasteiger partial charge in [-0.05, 0) is 94.6 Å². The van der Waals surface area contributed by atoms with E-state index in [-0.39, 0.29) is 63.0 Å². The smallest absolute Gasteiger partial charge is 0.807 e.